The van der Waals surface area contributed by atoms with Crippen LogP contribution in [0.1, 0.15) is 39.5 Å². The maximum atomic E-state index is 12.4. The average Bonchev–Trinajstić information content (AvgIpc) is 2.36. The number of hydrogen-bond acceptors (Lipinski definition) is 4. The highest BCUT2D eigenvalue weighted by Crippen LogP contribution is 2.42. The van der Waals surface area contributed by atoms with Gasteiger partial charge >= 0.3 is 5.97 Å². The predicted molar refractivity (Wildman–Crippen MR) is 68.9 cm³/mol. The number of carboxylic acid groups (broad SMARTS) is 1. The summed E-state index contributed by atoms with van der Waals surface area (Å²) in [6, 6.07) is -0.599. The van der Waals surface area contributed by atoms with E-state index in [0.717, 1.165) is 12.8 Å². The van der Waals surface area contributed by atoms with Crippen molar-refractivity contribution in [3.63, 3.8) is 0 Å². The molecular weight excluding hydrogens is 232 g/mol. The fourth-order valence-electron chi connectivity index (χ4n) is 2.80. The lowest BCUT2D eigenvalue weighted by Crippen LogP contribution is -2.54. The molecule has 0 radical (unpaired) electrons. The van der Waals surface area contributed by atoms with Crippen LogP contribution in [0, 0.1) is 17.3 Å². The minimum atomic E-state index is -1.11. The number of aliphatic carboxylic acids is 1. The monoisotopic (exact) mass is 256 g/mol. The summed E-state index contributed by atoms with van der Waals surface area (Å²) in [5, 5.41) is 9.46. The first kappa shape index (κ1) is 15.1. The molecule has 18 heavy (non-hydrogen) atoms. The highest BCUT2D eigenvalue weighted by molar-refractivity contribution is 5.92. The molecule has 0 aliphatic heterocycles. The largest absolute Gasteiger partial charge is 0.481 e. The maximum Gasteiger partial charge on any atom is 0.311 e. The number of Topliss-reactive ketones (excluding diaryl/α,β-unsaturated/α-hetero) is 1. The van der Waals surface area contributed by atoms with Crippen molar-refractivity contribution in [1.29, 1.82) is 0 Å². The van der Waals surface area contributed by atoms with Gasteiger partial charge in [-0.05, 0) is 18.8 Å². The molecule has 1 rings (SSSR count). The molecule has 0 heterocycles. The highest BCUT2D eigenvalue weighted by Gasteiger charge is 2.50. The first-order valence-electron chi connectivity index (χ1n) is 6.59. The number of carbonyl (C=O) groups excluding carboxylic acids is 1. The second kappa shape index (κ2) is 5.80. The summed E-state index contributed by atoms with van der Waals surface area (Å²) >= 11 is 0. The zero-order chi connectivity index (χ0) is 13.9. The maximum absolute atomic E-state index is 12.4. The van der Waals surface area contributed by atoms with E-state index in [1.54, 1.807) is 0 Å². The Morgan fingerprint density at radius 3 is 2.44 bits per heavy atom. The summed E-state index contributed by atoms with van der Waals surface area (Å²) in [6.07, 6.45) is 2.74. The van der Waals surface area contributed by atoms with Crippen molar-refractivity contribution >= 4 is 11.8 Å². The summed E-state index contributed by atoms with van der Waals surface area (Å²) in [7, 11) is 0. The smallest absolute Gasteiger partial charge is 0.311 e. The van der Waals surface area contributed by atoms with Crippen molar-refractivity contribution in [3.05, 3.63) is 0 Å². The van der Waals surface area contributed by atoms with Crippen LogP contribution in [0.3, 0.4) is 0 Å². The van der Waals surface area contributed by atoms with Crippen LogP contribution < -0.4 is 11.5 Å². The zero-order valence-corrected chi connectivity index (χ0v) is 11.2. The van der Waals surface area contributed by atoms with Crippen LogP contribution in [0.2, 0.25) is 0 Å². The molecule has 0 amide bonds. The van der Waals surface area contributed by atoms with Gasteiger partial charge in [-0.1, -0.05) is 26.7 Å². The third-order valence-electron chi connectivity index (χ3n) is 4.21. The number of rotatable bonds is 5. The van der Waals surface area contributed by atoms with Gasteiger partial charge in [-0.3, -0.25) is 9.59 Å². The lowest BCUT2D eigenvalue weighted by Gasteiger charge is -2.40. The summed E-state index contributed by atoms with van der Waals surface area (Å²) in [6.45, 7) is 3.75. The van der Waals surface area contributed by atoms with Crippen LogP contribution in [-0.2, 0) is 9.59 Å². The molecule has 0 saturated heterocycles. The van der Waals surface area contributed by atoms with Crippen molar-refractivity contribution in [2.75, 3.05) is 6.54 Å². The van der Waals surface area contributed by atoms with E-state index in [1.807, 2.05) is 13.8 Å². The van der Waals surface area contributed by atoms with Crippen molar-refractivity contribution in [3.8, 4) is 0 Å². The summed E-state index contributed by atoms with van der Waals surface area (Å²) in [4.78, 5) is 23.9. The van der Waals surface area contributed by atoms with Gasteiger partial charge in [0, 0.05) is 12.5 Å². The van der Waals surface area contributed by atoms with Gasteiger partial charge in [-0.25, -0.2) is 0 Å². The topological polar surface area (TPSA) is 106 Å². The van der Waals surface area contributed by atoms with Gasteiger partial charge in [-0.15, -0.1) is 0 Å². The van der Waals surface area contributed by atoms with Gasteiger partial charge < -0.3 is 16.6 Å². The molecule has 1 aliphatic rings. The third kappa shape index (κ3) is 2.57. The fourth-order valence-corrected chi connectivity index (χ4v) is 2.80. The van der Waals surface area contributed by atoms with Crippen LogP contribution >= 0.6 is 0 Å². The Morgan fingerprint density at radius 1 is 1.39 bits per heavy atom. The lowest BCUT2D eigenvalue weighted by molar-refractivity contribution is -0.158. The molecule has 1 fully saturated rings. The van der Waals surface area contributed by atoms with Crippen LogP contribution in [0.5, 0.6) is 0 Å². The number of nitrogens with two attached hydrogens (primary N) is 2. The lowest BCUT2D eigenvalue weighted by atomic mass is 9.63. The molecule has 0 aromatic heterocycles. The Hall–Kier alpha value is -0.940. The molecule has 1 saturated carbocycles. The normalized spacial score (nSPS) is 30.2. The first-order valence-corrected chi connectivity index (χ1v) is 6.59. The minimum Gasteiger partial charge on any atom is -0.481 e. The molecule has 0 aromatic carbocycles. The second-order valence-electron chi connectivity index (χ2n) is 5.64. The van der Waals surface area contributed by atoms with E-state index in [4.69, 9.17) is 11.5 Å². The average molecular weight is 256 g/mol. The van der Waals surface area contributed by atoms with E-state index in [-0.39, 0.29) is 18.2 Å². The third-order valence-corrected chi connectivity index (χ3v) is 4.21. The Morgan fingerprint density at radius 2 is 2.00 bits per heavy atom. The molecular formula is C13H24N2O3. The molecule has 0 aromatic rings. The molecule has 0 spiro atoms. The zero-order valence-electron chi connectivity index (χ0n) is 11.2. The van der Waals surface area contributed by atoms with Crippen LogP contribution in [0.4, 0.5) is 0 Å². The molecule has 5 heteroatoms. The van der Waals surface area contributed by atoms with Gasteiger partial charge in [0.25, 0.3) is 0 Å². The van der Waals surface area contributed by atoms with E-state index in [1.165, 1.54) is 0 Å². The standard InChI is InChI=1S/C13H24N2O3/c1-8(2)10(15)11(16)9-5-3-4-6-13(9,7-14)12(17)18/h8-10H,3-7,14-15H2,1-2H3,(H,17,18)/t9?,10-,13?/m0/s1. The van der Waals surface area contributed by atoms with Gasteiger partial charge in [0.2, 0.25) is 0 Å². The predicted octanol–water partition coefficient (Wildman–Crippen LogP) is 0.759. The van der Waals surface area contributed by atoms with Crippen molar-refractivity contribution < 1.29 is 14.7 Å². The summed E-state index contributed by atoms with van der Waals surface area (Å²) in [5.41, 5.74) is 10.4. The highest BCUT2D eigenvalue weighted by atomic mass is 16.4. The number of hydrogen-bond donors (Lipinski definition) is 3. The number of carboxylic acids is 1. The SMILES string of the molecule is CC(C)[C@H](N)C(=O)C1CCCCC1(CN)C(=O)O. The Kier molecular flexibility index (Phi) is 4.87. The molecule has 0 bridgehead atoms. The first-order chi connectivity index (χ1) is 8.36. The number of carbonyl (C=O) groups is 2. The minimum absolute atomic E-state index is 0.00353. The molecule has 5 N–H and O–H groups in total. The fraction of sp³-hybridized carbons (Fsp3) is 0.846. The van der Waals surface area contributed by atoms with Gasteiger partial charge in [0.1, 0.15) is 0 Å². The molecule has 5 nitrogen and oxygen atoms in total. The van der Waals surface area contributed by atoms with E-state index < -0.39 is 23.3 Å². The summed E-state index contributed by atoms with van der Waals surface area (Å²) in [5.74, 6) is -1.62. The van der Waals surface area contributed by atoms with E-state index >= 15 is 0 Å². The van der Waals surface area contributed by atoms with Gasteiger partial charge in [0.15, 0.2) is 5.78 Å². The summed E-state index contributed by atoms with van der Waals surface area (Å²) < 4.78 is 0. The van der Waals surface area contributed by atoms with Crippen LogP contribution in [0.15, 0.2) is 0 Å². The molecule has 1 aliphatic carbocycles. The Labute approximate surface area is 108 Å². The van der Waals surface area contributed by atoms with Crippen LogP contribution in [-0.4, -0.2) is 29.4 Å². The van der Waals surface area contributed by atoms with E-state index in [2.05, 4.69) is 0 Å². The quantitative estimate of drug-likeness (QED) is 0.673. The van der Waals surface area contributed by atoms with Crippen molar-refractivity contribution in [2.24, 2.45) is 28.7 Å². The second-order valence-corrected chi connectivity index (χ2v) is 5.64. The van der Waals surface area contributed by atoms with Crippen molar-refractivity contribution in [2.45, 2.75) is 45.6 Å². The van der Waals surface area contributed by atoms with E-state index in [9.17, 15) is 14.7 Å². The van der Waals surface area contributed by atoms with E-state index in [0.29, 0.717) is 12.8 Å². The molecule has 104 valence electrons. The molecule has 3 atom stereocenters. The van der Waals surface area contributed by atoms with Gasteiger partial charge in [0.05, 0.1) is 11.5 Å². The number of ketones is 1. The Balaban J connectivity index is 3.02. The molecule has 2 unspecified atom stereocenters. The van der Waals surface area contributed by atoms with Crippen molar-refractivity contribution in [1.82, 2.24) is 0 Å². The van der Waals surface area contributed by atoms with Gasteiger partial charge in [-0.2, -0.15) is 0 Å². The van der Waals surface area contributed by atoms with Crippen LogP contribution in [0.25, 0.3) is 0 Å². The Bertz CT molecular complexity index is 330.